The number of pyridine rings is 1. The number of hydrogen-bond donors (Lipinski definition) is 1. The van der Waals surface area contributed by atoms with Crippen LogP contribution in [0.2, 0.25) is 0 Å². The molecule has 0 aliphatic heterocycles. The summed E-state index contributed by atoms with van der Waals surface area (Å²) in [5, 5.41) is 9.64. The third-order valence-corrected chi connectivity index (χ3v) is 2.50. The van der Waals surface area contributed by atoms with Gasteiger partial charge in [0.25, 0.3) is 0 Å². The van der Waals surface area contributed by atoms with Crippen molar-refractivity contribution in [2.24, 2.45) is 7.05 Å². The Morgan fingerprint density at radius 1 is 1.54 bits per heavy atom. The number of nitrogens with zero attached hydrogens (tertiary/aromatic N) is 1. The molecule has 0 bridgehead atoms. The van der Waals surface area contributed by atoms with Gasteiger partial charge in [0, 0.05) is 11.6 Å². The van der Waals surface area contributed by atoms with Crippen molar-refractivity contribution in [3.63, 3.8) is 0 Å². The molecule has 0 amide bonds. The van der Waals surface area contributed by atoms with Crippen LogP contribution in [0.4, 0.5) is 0 Å². The predicted molar refractivity (Wildman–Crippen MR) is 45.5 cm³/mol. The Bertz CT molecular complexity index is 301. The summed E-state index contributed by atoms with van der Waals surface area (Å²) in [6.45, 7) is 0. The van der Waals surface area contributed by atoms with Crippen LogP contribution < -0.4 is 28.5 Å². The van der Waals surface area contributed by atoms with Gasteiger partial charge in [0.1, 0.15) is 7.05 Å². The molecule has 1 unspecified atom stereocenters. The highest BCUT2D eigenvalue weighted by Crippen LogP contribution is 2.27. The zero-order valence-corrected chi connectivity index (χ0v) is 9.86. The van der Waals surface area contributed by atoms with E-state index in [2.05, 4.69) is 6.20 Å². The Morgan fingerprint density at radius 3 is 3.08 bits per heavy atom. The average Bonchev–Trinajstić information content (AvgIpc) is 2.04. The number of halogens is 1. The standard InChI is InChI=1S/C10H14NO.HI/c1-11-6-5-9-8(7-11)3-2-4-10(9)12;/h5-7,10,12H,2-4H2,1H3;1H/q+1;/p-1. The Kier molecular flexibility index (Phi) is 3.67. The molecule has 2 nitrogen and oxygen atoms in total. The molecule has 1 heterocycles. The fraction of sp³-hybridized carbons (Fsp3) is 0.500. The number of aliphatic hydroxyl groups excluding tert-OH is 1. The molecule has 1 aromatic rings. The van der Waals surface area contributed by atoms with Crippen LogP contribution in [-0.2, 0) is 13.5 Å². The highest BCUT2D eigenvalue weighted by molar-refractivity contribution is 5.25. The van der Waals surface area contributed by atoms with Gasteiger partial charge in [0.2, 0.25) is 0 Å². The molecule has 1 atom stereocenters. The first-order valence-corrected chi connectivity index (χ1v) is 4.43. The van der Waals surface area contributed by atoms with Crippen LogP contribution in [0, 0.1) is 0 Å². The molecule has 3 heteroatoms. The minimum absolute atomic E-state index is 0. The van der Waals surface area contributed by atoms with Gasteiger partial charge < -0.3 is 29.1 Å². The topological polar surface area (TPSA) is 24.1 Å². The van der Waals surface area contributed by atoms with Gasteiger partial charge in [-0.3, -0.25) is 0 Å². The molecule has 0 spiro atoms. The molecule has 0 fully saturated rings. The minimum atomic E-state index is -0.227. The molecule has 0 saturated heterocycles. The zero-order chi connectivity index (χ0) is 8.55. The van der Waals surface area contributed by atoms with Gasteiger partial charge in [-0.05, 0) is 24.8 Å². The SMILES string of the molecule is C[n+]1ccc2c(c1)CCCC2O.[I-]. The first-order chi connectivity index (χ1) is 5.77. The van der Waals surface area contributed by atoms with Gasteiger partial charge in [0.05, 0.1) is 6.10 Å². The summed E-state index contributed by atoms with van der Waals surface area (Å²) in [5.74, 6) is 0. The van der Waals surface area contributed by atoms with E-state index in [0.29, 0.717) is 0 Å². The van der Waals surface area contributed by atoms with Crippen LogP contribution in [0.5, 0.6) is 0 Å². The van der Waals surface area contributed by atoms with E-state index in [4.69, 9.17) is 0 Å². The molecular formula is C10H14INO. The summed E-state index contributed by atoms with van der Waals surface area (Å²) in [6.07, 6.45) is 7.01. The van der Waals surface area contributed by atoms with Gasteiger partial charge in [0.15, 0.2) is 12.4 Å². The Labute approximate surface area is 95.6 Å². The lowest BCUT2D eigenvalue weighted by atomic mass is 9.91. The maximum atomic E-state index is 9.64. The van der Waals surface area contributed by atoms with Crippen molar-refractivity contribution < 1.29 is 33.7 Å². The number of rotatable bonds is 0. The zero-order valence-electron chi connectivity index (χ0n) is 7.70. The molecule has 2 rings (SSSR count). The second kappa shape index (κ2) is 4.37. The molecule has 1 aliphatic carbocycles. The van der Waals surface area contributed by atoms with E-state index in [1.165, 1.54) is 5.56 Å². The van der Waals surface area contributed by atoms with Crippen molar-refractivity contribution >= 4 is 0 Å². The largest absolute Gasteiger partial charge is 1.00 e. The number of aryl methyl sites for hydroxylation is 2. The number of hydrogen-bond acceptors (Lipinski definition) is 1. The highest BCUT2D eigenvalue weighted by atomic mass is 127. The van der Waals surface area contributed by atoms with Crippen LogP contribution in [0.3, 0.4) is 0 Å². The summed E-state index contributed by atoms with van der Waals surface area (Å²) < 4.78 is 2.04. The maximum Gasteiger partial charge on any atom is 0.172 e. The van der Waals surface area contributed by atoms with Crippen molar-refractivity contribution in [1.29, 1.82) is 0 Å². The second-order valence-electron chi connectivity index (χ2n) is 3.50. The second-order valence-corrected chi connectivity index (χ2v) is 3.50. The van der Waals surface area contributed by atoms with Gasteiger partial charge >= 0.3 is 0 Å². The van der Waals surface area contributed by atoms with Crippen LogP contribution in [0.15, 0.2) is 18.5 Å². The van der Waals surface area contributed by atoms with Crippen molar-refractivity contribution in [2.75, 3.05) is 0 Å². The lowest BCUT2D eigenvalue weighted by Gasteiger charge is -2.18. The summed E-state index contributed by atoms with van der Waals surface area (Å²) in [5.41, 5.74) is 2.43. The van der Waals surface area contributed by atoms with Gasteiger partial charge in [-0.1, -0.05) is 0 Å². The van der Waals surface area contributed by atoms with Crippen molar-refractivity contribution in [2.45, 2.75) is 25.4 Å². The predicted octanol–water partition coefficient (Wildman–Crippen LogP) is -2.12. The van der Waals surface area contributed by atoms with Crippen molar-refractivity contribution in [1.82, 2.24) is 0 Å². The fourth-order valence-corrected chi connectivity index (χ4v) is 1.84. The average molecular weight is 291 g/mol. The lowest BCUT2D eigenvalue weighted by Crippen LogP contribution is -3.00. The van der Waals surface area contributed by atoms with Crippen molar-refractivity contribution in [3.8, 4) is 0 Å². The summed E-state index contributed by atoms with van der Waals surface area (Å²) in [7, 11) is 2.02. The summed E-state index contributed by atoms with van der Waals surface area (Å²) in [6, 6.07) is 2.03. The molecular weight excluding hydrogens is 277 g/mol. The van der Waals surface area contributed by atoms with Crippen molar-refractivity contribution in [3.05, 3.63) is 29.6 Å². The minimum Gasteiger partial charge on any atom is -1.00 e. The molecule has 72 valence electrons. The van der Waals surface area contributed by atoms with Gasteiger partial charge in [-0.2, -0.15) is 0 Å². The Balaban J connectivity index is 0.000000845. The van der Waals surface area contributed by atoms with Crippen LogP contribution in [0.1, 0.15) is 30.1 Å². The normalized spacial score (nSPS) is 20.3. The van der Waals surface area contributed by atoms with Gasteiger partial charge in [-0.15, -0.1) is 0 Å². The Hall–Kier alpha value is -0.160. The summed E-state index contributed by atoms with van der Waals surface area (Å²) in [4.78, 5) is 0. The molecule has 1 N–H and O–H groups in total. The van der Waals surface area contributed by atoms with E-state index < -0.39 is 0 Å². The van der Waals surface area contributed by atoms with Crippen LogP contribution in [-0.4, -0.2) is 5.11 Å². The Morgan fingerprint density at radius 2 is 2.31 bits per heavy atom. The van der Waals surface area contributed by atoms with E-state index in [0.717, 1.165) is 24.8 Å². The summed E-state index contributed by atoms with van der Waals surface area (Å²) >= 11 is 0. The number of fused-ring (bicyclic) bond motifs is 1. The highest BCUT2D eigenvalue weighted by Gasteiger charge is 2.19. The van der Waals surface area contributed by atoms with E-state index in [9.17, 15) is 5.11 Å². The molecule has 1 aromatic heterocycles. The van der Waals surface area contributed by atoms with Gasteiger partial charge in [-0.25, -0.2) is 4.57 Å². The molecule has 13 heavy (non-hydrogen) atoms. The maximum absolute atomic E-state index is 9.64. The fourth-order valence-electron chi connectivity index (χ4n) is 1.84. The van der Waals surface area contributed by atoms with Crippen LogP contribution in [0.25, 0.3) is 0 Å². The van der Waals surface area contributed by atoms with E-state index in [-0.39, 0.29) is 30.1 Å². The monoisotopic (exact) mass is 291 g/mol. The quantitative estimate of drug-likeness (QED) is 0.429. The molecule has 0 saturated carbocycles. The van der Waals surface area contributed by atoms with E-state index in [1.54, 1.807) is 0 Å². The molecule has 0 radical (unpaired) electrons. The molecule has 0 aromatic carbocycles. The molecule has 1 aliphatic rings. The third kappa shape index (κ3) is 2.20. The smallest absolute Gasteiger partial charge is 0.172 e. The number of aromatic nitrogens is 1. The third-order valence-electron chi connectivity index (χ3n) is 2.50. The lowest BCUT2D eigenvalue weighted by molar-refractivity contribution is -0.672. The van der Waals surface area contributed by atoms with E-state index >= 15 is 0 Å². The van der Waals surface area contributed by atoms with Crippen LogP contribution >= 0.6 is 0 Å². The number of aliphatic hydroxyl groups is 1. The first-order valence-electron chi connectivity index (χ1n) is 4.43. The van der Waals surface area contributed by atoms with E-state index in [1.807, 2.05) is 23.9 Å². The first kappa shape index (κ1) is 10.9.